The van der Waals surface area contributed by atoms with Crippen molar-refractivity contribution in [3.63, 3.8) is 0 Å². The van der Waals surface area contributed by atoms with E-state index in [1.54, 1.807) is 18.3 Å². The van der Waals surface area contributed by atoms with Gasteiger partial charge in [-0.15, -0.1) is 0 Å². The molecule has 0 spiro atoms. The minimum absolute atomic E-state index is 0.0978. The van der Waals surface area contributed by atoms with E-state index in [-0.39, 0.29) is 22.9 Å². The number of aromatic hydroxyl groups is 1. The van der Waals surface area contributed by atoms with Crippen LogP contribution in [0.15, 0.2) is 30.5 Å². The fraction of sp³-hybridized carbons (Fsp3) is 0.318. The van der Waals surface area contributed by atoms with Gasteiger partial charge in [0.1, 0.15) is 5.52 Å². The standard InChI is InChI=1S/C22H22ClFN4O2/c1-11(29)15-10-26-19-7-6-18(12-8-16(23)22(30)17(24)9-12)28-21(19)20(15)27-14-4-2-13(25)3-5-14/h6-10,13-14,30H,2-5,25H2,1H3,(H,26,27)/t13-,14-. The van der Waals surface area contributed by atoms with Gasteiger partial charge in [0.25, 0.3) is 0 Å². The zero-order valence-corrected chi connectivity index (χ0v) is 17.2. The van der Waals surface area contributed by atoms with Crippen molar-refractivity contribution < 1.29 is 14.3 Å². The van der Waals surface area contributed by atoms with Gasteiger partial charge in [0, 0.05) is 23.8 Å². The molecular formula is C22H22ClFN4O2. The Balaban J connectivity index is 1.82. The predicted octanol–water partition coefficient (Wildman–Crippen LogP) is 4.68. The summed E-state index contributed by atoms with van der Waals surface area (Å²) in [7, 11) is 0. The van der Waals surface area contributed by atoms with Crippen LogP contribution in [0.3, 0.4) is 0 Å². The number of ketones is 1. The number of hydrogen-bond donors (Lipinski definition) is 3. The molecule has 0 unspecified atom stereocenters. The van der Waals surface area contributed by atoms with E-state index in [4.69, 9.17) is 17.3 Å². The number of fused-ring (bicyclic) bond motifs is 1. The molecular weight excluding hydrogens is 407 g/mol. The van der Waals surface area contributed by atoms with E-state index in [0.717, 1.165) is 25.7 Å². The molecule has 1 aliphatic rings. The van der Waals surface area contributed by atoms with Crippen molar-refractivity contribution in [2.45, 2.75) is 44.7 Å². The lowest BCUT2D eigenvalue weighted by molar-refractivity contribution is 0.101. The molecule has 1 fully saturated rings. The van der Waals surface area contributed by atoms with Crippen LogP contribution in [0.25, 0.3) is 22.3 Å². The molecule has 1 saturated carbocycles. The van der Waals surface area contributed by atoms with Crippen molar-refractivity contribution >= 4 is 34.1 Å². The van der Waals surface area contributed by atoms with Gasteiger partial charge in [-0.3, -0.25) is 9.78 Å². The molecule has 30 heavy (non-hydrogen) atoms. The summed E-state index contributed by atoms with van der Waals surface area (Å²) in [6.07, 6.45) is 5.20. The lowest BCUT2D eigenvalue weighted by Crippen LogP contribution is -2.33. The Morgan fingerprint density at radius 2 is 2.00 bits per heavy atom. The fourth-order valence-corrected chi connectivity index (χ4v) is 4.03. The second-order valence-electron chi connectivity index (χ2n) is 7.71. The van der Waals surface area contributed by atoms with Crippen LogP contribution in [0.1, 0.15) is 43.0 Å². The fourth-order valence-electron chi connectivity index (χ4n) is 3.82. The maximum atomic E-state index is 14.0. The van der Waals surface area contributed by atoms with Gasteiger partial charge in [-0.1, -0.05) is 11.6 Å². The van der Waals surface area contributed by atoms with Crippen LogP contribution in [0.2, 0.25) is 5.02 Å². The number of pyridine rings is 2. The number of phenols is 1. The Morgan fingerprint density at radius 1 is 1.27 bits per heavy atom. The number of benzene rings is 1. The van der Waals surface area contributed by atoms with Crippen molar-refractivity contribution in [1.29, 1.82) is 0 Å². The molecule has 0 radical (unpaired) electrons. The van der Waals surface area contributed by atoms with Gasteiger partial charge < -0.3 is 16.2 Å². The smallest absolute Gasteiger partial charge is 0.170 e. The van der Waals surface area contributed by atoms with E-state index in [1.165, 1.54) is 19.1 Å². The highest BCUT2D eigenvalue weighted by atomic mass is 35.5. The second kappa shape index (κ2) is 8.16. The molecule has 0 amide bonds. The molecule has 3 aromatic rings. The summed E-state index contributed by atoms with van der Waals surface area (Å²) in [5.41, 5.74) is 9.11. The van der Waals surface area contributed by atoms with E-state index in [0.29, 0.717) is 33.5 Å². The minimum Gasteiger partial charge on any atom is -0.504 e. The van der Waals surface area contributed by atoms with Crippen LogP contribution in [0, 0.1) is 5.82 Å². The maximum absolute atomic E-state index is 14.0. The number of halogens is 2. The normalized spacial score (nSPS) is 19.1. The highest BCUT2D eigenvalue weighted by Crippen LogP contribution is 2.34. The zero-order valence-electron chi connectivity index (χ0n) is 16.5. The van der Waals surface area contributed by atoms with Gasteiger partial charge in [-0.05, 0) is 56.9 Å². The molecule has 156 valence electrons. The quantitative estimate of drug-likeness (QED) is 0.521. The summed E-state index contributed by atoms with van der Waals surface area (Å²) in [6.45, 7) is 1.49. The monoisotopic (exact) mass is 428 g/mol. The third kappa shape index (κ3) is 3.95. The molecule has 1 aliphatic carbocycles. The molecule has 4 rings (SSSR count). The third-order valence-electron chi connectivity index (χ3n) is 5.53. The number of aromatic nitrogens is 2. The SMILES string of the molecule is CC(=O)c1cnc2ccc(-c3cc(F)c(O)c(Cl)c3)nc2c1N[C@H]1CC[C@H](N)CC1. The predicted molar refractivity (Wildman–Crippen MR) is 115 cm³/mol. The van der Waals surface area contributed by atoms with Gasteiger partial charge in [0.15, 0.2) is 17.3 Å². The number of anilines is 1. The summed E-state index contributed by atoms with van der Waals surface area (Å²) in [5.74, 6) is -1.54. The van der Waals surface area contributed by atoms with Gasteiger partial charge in [0.05, 0.1) is 27.5 Å². The molecule has 2 heterocycles. The van der Waals surface area contributed by atoms with Gasteiger partial charge in [-0.25, -0.2) is 9.37 Å². The first-order chi connectivity index (χ1) is 14.3. The second-order valence-corrected chi connectivity index (χ2v) is 8.12. The molecule has 0 bridgehead atoms. The molecule has 8 heteroatoms. The number of Topliss-reactive ketones (excluding diaryl/α,β-unsaturated/α-hetero) is 1. The van der Waals surface area contributed by atoms with Crippen molar-refractivity contribution in [3.05, 3.63) is 46.9 Å². The number of carbonyl (C=O) groups excluding carboxylic acids is 1. The average Bonchev–Trinajstić information content (AvgIpc) is 2.73. The highest BCUT2D eigenvalue weighted by Gasteiger charge is 2.22. The van der Waals surface area contributed by atoms with Crippen molar-refractivity contribution in [2.24, 2.45) is 5.73 Å². The maximum Gasteiger partial charge on any atom is 0.170 e. The van der Waals surface area contributed by atoms with Gasteiger partial charge >= 0.3 is 0 Å². The number of rotatable bonds is 4. The van der Waals surface area contributed by atoms with Crippen LogP contribution in [0.4, 0.5) is 10.1 Å². The van der Waals surface area contributed by atoms with E-state index in [9.17, 15) is 14.3 Å². The largest absolute Gasteiger partial charge is 0.504 e. The Bertz CT molecular complexity index is 1110. The third-order valence-corrected chi connectivity index (χ3v) is 5.81. The minimum atomic E-state index is -0.827. The summed E-state index contributed by atoms with van der Waals surface area (Å²) in [6, 6.07) is 6.48. The number of nitrogens with one attached hydrogen (secondary N) is 1. The Kier molecular flexibility index (Phi) is 5.58. The number of carbonyl (C=O) groups is 1. The summed E-state index contributed by atoms with van der Waals surface area (Å²) in [5, 5.41) is 13.0. The molecule has 1 aromatic carbocycles. The molecule has 0 aliphatic heterocycles. The summed E-state index contributed by atoms with van der Waals surface area (Å²) in [4.78, 5) is 21.3. The lowest BCUT2D eigenvalue weighted by atomic mass is 9.91. The molecule has 0 saturated heterocycles. The first-order valence-corrected chi connectivity index (χ1v) is 10.2. The van der Waals surface area contributed by atoms with Gasteiger partial charge in [-0.2, -0.15) is 0 Å². The number of hydrogen-bond acceptors (Lipinski definition) is 6. The van der Waals surface area contributed by atoms with Crippen LogP contribution in [-0.4, -0.2) is 32.9 Å². The number of nitrogens with zero attached hydrogens (tertiary/aromatic N) is 2. The van der Waals surface area contributed by atoms with E-state index in [2.05, 4.69) is 15.3 Å². The zero-order chi connectivity index (χ0) is 21.4. The average molecular weight is 429 g/mol. The Labute approximate surface area is 178 Å². The first kappa shape index (κ1) is 20.5. The van der Waals surface area contributed by atoms with Crippen LogP contribution in [-0.2, 0) is 0 Å². The van der Waals surface area contributed by atoms with E-state index >= 15 is 0 Å². The van der Waals surface area contributed by atoms with Gasteiger partial charge in [0.2, 0.25) is 0 Å². The molecule has 6 nitrogen and oxygen atoms in total. The number of nitrogens with two attached hydrogens (primary N) is 1. The topological polar surface area (TPSA) is 101 Å². The van der Waals surface area contributed by atoms with E-state index < -0.39 is 11.6 Å². The molecule has 0 atom stereocenters. The highest BCUT2D eigenvalue weighted by molar-refractivity contribution is 6.32. The van der Waals surface area contributed by atoms with Crippen LogP contribution in [0.5, 0.6) is 5.75 Å². The molecule has 2 aromatic heterocycles. The summed E-state index contributed by atoms with van der Waals surface area (Å²) < 4.78 is 14.0. The first-order valence-electron chi connectivity index (χ1n) is 9.84. The van der Waals surface area contributed by atoms with E-state index in [1.807, 2.05) is 0 Å². The Morgan fingerprint density at radius 3 is 2.67 bits per heavy atom. The van der Waals surface area contributed by atoms with Crippen molar-refractivity contribution in [2.75, 3.05) is 5.32 Å². The van der Waals surface area contributed by atoms with Crippen LogP contribution >= 0.6 is 11.6 Å². The van der Waals surface area contributed by atoms with Crippen molar-refractivity contribution in [1.82, 2.24) is 9.97 Å². The summed E-state index contributed by atoms with van der Waals surface area (Å²) >= 11 is 5.93. The Hall–Kier alpha value is -2.77. The van der Waals surface area contributed by atoms with Crippen LogP contribution < -0.4 is 11.1 Å². The molecule has 4 N–H and O–H groups in total. The lowest BCUT2D eigenvalue weighted by Gasteiger charge is -2.28. The van der Waals surface area contributed by atoms with Crippen molar-refractivity contribution in [3.8, 4) is 17.0 Å². The number of phenolic OH excluding ortho intramolecular Hbond substituents is 1.